The third-order valence-corrected chi connectivity index (χ3v) is 5.95. The summed E-state index contributed by atoms with van der Waals surface area (Å²) in [5.74, 6) is -1.08. The maximum absolute atomic E-state index is 12.8. The molecule has 1 heterocycles. The Bertz CT molecular complexity index is 1320. The summed E-state index contributed by atoms with van der Waals surface area (Å²) < 4.78 is 1.79. The third-order valence-electron chi connectivity index (χ3n) is 4.39. The van der Waals surface area contributed by atoms with Gasteiger partial charge >= 0.3 is 5.69 Å². The number of rotatable bonds is 5. The highest BCUT2D eigenvalue weighted by Gasteiger charge is 2.22. The molecule has 0 bridgehead atoms. The van der Waals surface area contributed by atoms with Gasteiger partial charge in [-0.2, -0.15) is 0 Å². The Kier molecular flexibility index (Phi) is 7.44. The minimum Gasteiger partial charge on any atom is -0.494 e. The van der Waals surface area contributed by atoms with Crippen molar-refractivity contribution in [3.8, 4) is 5.88 Å². The highest BCUT2D eigenvalue weighted by molar-refractivity contribution is 8.15. The number of anilines is 1. The van der Waals surface area contributed by atoms with Crippen LogP contribution in [0.15, 0.2) is 63.1 Å². The molecule has 0 saturated heterocycles. The fourth-order valence-corrected chi connectivity index (χ4v) is 3.84. The molecule has 1 aromatic heterocycles. The first-order valence-corrected chi connectivity index (χ1v) is 10.9. The van der Waals surface area contributed by atoms with E-state index in [0.717, 1.165) is 20.9 Å². The summed E-state index contributed by atoms with van der Waals surface area (Å²) in [5, 5.41) is 14.2. The standard InChI is InChI=1S/C21H18Cl2N4O4S/c1-26-19(29)17(20(30)27(2)21(26)31)18(24-13-9-7-12(22)8-10-13)32-11-16(28)25-15-6-4-3-5-14(15)23/h3-10,29H,11H2,1-2H3,(H,25,28). The monoisotopic (exact) mass is 492 g/mol. The van der Waals surface area contributed by atoms with Crippen LogP contribution in [0.2, 0.25) is 10.0 Å². The van der Waals surface area contributed by atoms with Gasteiger partial charge in [-0.05, 0) is 36.4 Å². The summed E-state index contributed by atoms with van der Waals surface area (Å²) in [6.07, 6.45) is 0. The molecule has 0 aliphatic rings. The lowest BCUT2D eigenvalue weighted by molar-refractivity contribution is -0.113. The van der Waals surface area contributed by atoms with Gasteiger partial charge in [-0.3, -0.25) is 18.7 Å². The van der Waals surface area contributed by atoms with Crippen molar-refractivity contribution < 1.29 is 9.90 Å². The molecular formula is C21H18Cl2N4O4S. The number of nitrogens with one attached hydrogen (secondary N) is 1. The quantitative estimate of drug-likeness (QED) is 0.418. The first-order chi connectivity index (χ1) is 15.2. The summed E-state index contributed by atoms with van der Waals surface area (Å²) in [7, 11) is 2.62. The van der Waals surface area contributed by atoms with Crippen molar-refractivity contribution in [2.24, 2.45) is 19.1 Å². The van der Waals surface area contributed by atoms with Crippen LogP contribution in [0.5, 0.6) is 5.88 Å². The highest BCUT2D eigenvalue weighted by Crippen LogP contribution is 2.25. The summed E-state index contributed by atoms with van der Waals surface area (Å²) in [5.41, 5.74) is -0.739. The van der Waals surface area contributed by atoms with Crippen molar-refractivity contribution >= 4 is 57.3 Å². The Morgan fingerprint density at radius 3 is 2.38 bits per heavy atom. The number of aromatic hydroxyl groups is 1. The van der Waals surface area contributed by atoms with E-state index < -0.39 is 23.0 Å². The number of carbonyl (C=O) groups excluding carboxylic acids is 1. The van der Waals surface area contributed by atoms with Gasteiger partial charge in [0.2, 0.25) is 11.8 Å². The normalized spacial score (nSPS) is 11.4. The second-order valence-electron chi connectivity index (χ2n) is 6.61. The van der Waals surface area contributed by atoms with Gasteiger partial charge in [0.1, 0.15) is 10.6 Å². The van der Waals surface area contributed by atoms with Crippen molar-refractivity contribution in [3.63, 3.8) is 0 Å². The van der Waals surface area contributed by atoms with Crippen LogP contribution >= 0.6 is 35.0 Å². The van der Waals surface area contributed by atoms with Crippen molar-refractivity contribution in [2.45, 2.75) is 0 Å². The molecule has 0 aliphatic heterocycles. The molecule has 166 valence electrons. The number of thioether (sulfide) groups is 1. The van der Waals surface area contributed by atoms with E-state index in [1.165, 1.54) is 14.1 Å². The lowest BCUT2D eigenvalue weighted by atomic mass is 10.3. The van der Waals surface area contributed by atoms with E-state index >= 15 is 0 Å². The lowest BCUT2D eigenvalue weighted by Crippen LogP contribution is -2.39. The number of carbonyl (C=O) groups is 1. The van der Waals surface area contributed by atoms with Crippen molar-refractivity contribution in [1.29, 1.82) is 0 Å². The average molecular weight is 493 g/mol. The van der Waals surface area contributed by atoms with Crippen LogP contribution in [-0.2, 0) is 18.9 Å². The van der Waals surface area contributed by atoms with E-state index in [1.807, 2.05) is 0 Å². The zero-order valence-electron chi connectivity index (χ0n) is 17.0. The molecule has 2 N–H and O–H groups in total. The lowest BCUT2D eigenvalue weighted by Gasteiger charge is -2.13. The molecule has 0 saturated carbocycles. The van der Waals surface area contributed by atoms with Gasteiger partial charge in [0.05, 0.1) is 22.2 Å². The van der Waals surface area contributed by atoms with Crippen molar-refractivity contribution in [1.82, 2.24) is 9.13 Å². The molecule has 3 aromatic rings. The molecule has 0 atom stereocenters. The average Bonchev–Trinajstić information content (AvgIpc) is 2.77. The van der Waals surface area contributed by atoms with Gasteiger partial charge in [-0.1, -0.05) is 47.1 Å². The van der Waals surface area contributed by atoms with Gasteiger partial charge in [-0.15, -0.1) is 0 Å². The highest BCUT2D eigenvalue weighted by atomic mass is 35.5. The van der Waals surface area contributed by atoms with Crippen LogP contribution in [0, 0.1) is 0 Å². The van der Waals surface area contributed by atoms with Gasteiger partial charge in [0, 0.05) is 19.1 Å². The molecule has 3 rings (SSSR count). The van der Waals surface area contributed by atoms with Crippen LogP contribution in [-0.4, -0.2) is 30.9 Å². The fraction of sp³-hybridized carbons (Fsp3) is 0.143. The van der Waals surface area contributed by atoms with E-state index in [9.17, 15) is 19.5 Å². The number of aromatic nitrogens is 2. The van der Waals surface area contributed by atoms with Crippen molar-refractivity contribution in [3.05, 3.63) is 85.0 Å². The Balaban J connectivity index is 1.99. The van der Waals surface area contributed by atoms with Gasteiger partial charge in [0.15, 0.2) is 0 Å². The van der Waals surface area contributed by atoms with Gasteiger partial charge in [-0.25, -0.2) is 9.79 Å². The fourth-order valence-electron chi connectivity index (χ4n) is 2.70. The van der Waals surface area contributed by atoms with Crippen molar-refractivity contribution in [2.75, 3.05) is 11.1 Å². The Morgan fingerprint density at radius 1 is 1.06 bits per heavy atom. The third kappa shape index (κ3) is 5.24. The maximum Gasteiger partial charge on any atom is 0.333 e. The van der Waals surface area contributed by atoms with E-state index in [1.54, 1.807) is 48.5 Å². The predicted molar refractivity (Wildman–Crippen MR) is 129 cm³/mol. The molecule has 0 radical (unpaired) electrons. The second kappa shape index (κ2) is 10.1. The molecule has 1 amide bonds. The smallest absolute Gasteiger partial charge is 0.333 e. The number of nitrogens with zero attached hydrogens (tertiary/aromatic N) is 3. The zero-order valence-corrected chi connectivity index (χ0v) is 19.3. The Hall–Kier alpha value is -3.01. The molecule has 11 heteroatoms. The van der Waals surface area contributed by atoms with Crippen LogP contribution < -0.4 is 16.6 Å². The van der Waals surface area contributed by atoms with Gasteiger partial charge < -0.3 is 10.4 Å². The number of para-hydroxylation sites is 1. The number of halogens is 2. The van der Waals surface area contributed by atoms with Crippen LogP contribution in [0.4, 0.5) is 11.4 Å². The van der Waals surface area contributed by atoms with E-state index in [-0.39, 0.29) is 16.4 Å². The molecule has 32 heavy (non-hydrogen) atoms. The minimum atomic E-state index is -0.739. The van der Waals surface area contributed by atoms with Crippen LogP contribution in [0.25, 0.3) is 0 Å². The summed E-state index contributed by atoms with van der Waals surface area (Å²) in [4.78, 5) is 41.8. The largest absolute Gasteiger partial charge is 0.494 e. The molecule has 8 nitrogen and oxygen atoms in total. The number of amides is 1. The molecule has 0 fully saturated rings. The SMILES string of the molecule is Cn1c(O)c(C(=Nc2ccc(Cl)cc2)SCC(=O)Nc2ccccc2Cl)c(=O)n(C)c1=O. The number of aliphatic imine (C=N–C) groups is 1. The minimum absolute atomic E-state index is 0.0651. The van der Waals surface area contributed by atoms with Crippen LogP contribution in [0.3, 0.4) is 0 Å². The topological polar surface area (TPSA) is 106 Å². The molecular weight excluding hydrogens is 475 g/mol. The molecule has 0 unspecified atom stereocenters. The molecule has 2 aromatic carbocycles. The van der Waals surface area contributed by atoms with Crippen LogP contribution in [0.1, 0.15) is 5.56 Å². The molecule has 0 aliphatic carbocycles. The predicted octanol–water partition coefficient (Wildman–Crippen LogP) is 3.55. The first kappa shape index (κ1) is 23.6. The summed E-state index contributed by atoms with van der Waals surface area (Å²) >= 11 is 12.9. The summed E-state index contributed by atoms with van der Waals surface area (Å²) in [6, 6.07) is 13.2. The molecule has 0 spiro atoms. The van der Waals surface area contributed by atoms with Gasteiger partial charge in [0.25, 0.3) is 5.56 Å². The number of hydrogen-bond acceptors (Lipinski definition) is 6. The number of benzene rings is 2. The maximum atomic E-state index is 12.8. The zero-order chi connectivity index (χ0) is 23.4. The van der Waals surface area contributed by atoms with E-state index in [0.29, 0.717) is 21.4 Å². The van der Waals surface area contributed by atoms with E-state index in [2.05, 4.69) is 10.3 Å². The Morgan fingerprint density at radius 2 is 1.72 bits per heavy atom. The summed E-state index contributed by atoms with van der Waals surface area (Å²) in [6.45, 7) is 0. The number of hydrogen-bond donors (Lipinski definition) is 2. The van der Waals surface area contributed by atoms with E-state index in [4.69, 9.17) is 23.2 Å². The first-order valence-electron chi connectivity index (χ1n) is 9.20. The second-order valence-corrected chi connectivity index (χ2v) is 8.42. The Labute approximate surface area is 197 Å².